The molecule has 0 radical (unpaired) electrons. The molecule has 0 unspecified atom stereocenters. The maximum absolute atomic E-state index is 8.22. The fourth-order valence-electron chi connectivity index (χ4n) is 3.75. The number of aromatic nitrogens is 1. The molecule has 1 heterocycles. The Hall–Kier alpha value is -1.63. The first kappa shape index (κ1) is 16.5. The molecule has 0 aliphatic carbocycles. The van der Waals surface area contributed by atoms with Crippen molar-refractivity contribution in [1.29, 1.82) is 0 Å². The van der Waals surface area contributed by atoms with Gasteiger partial charge in [0, 0.05) is 21.2 Å². The highest BCUT2D eigenvalue weighted by Gasteiger charge is 2.27. The molecule has 2 aromatic rings. The summed E-state index contributed by atoms with van der Waals surface area (Å²) in [4.78, 5) is 0. The lowest BCUT2D eigenvalue weighted by molar-refractivity contribution is -0.682. The second-order valence-corrected chi connectivity index (χ2v) is 9.15. The zero-order valence-corrected chi connectivity index (χ0v) is 18.1. The third kappa shape index (κ3) is 4.03. The van der Waals surface area contributed by atoms with Crippen LogP contribution in [-0.4, -0.2) is 0 Å². The van der Waals surface area contributed by atoms with Crippen molar-refractivity contribution in [3.8, 4) is 11.1 Å². The van der Waals surface area contributed by atoms with E-state index in [0.717, 1.165) is 23.2 Å². The number of benzene rings is 1. The Morgan fingerprint density at radius 1 is 1.04 bits per heavy atom. The van der Waals surface area contributed by atoms with Crippen molar-refractivity contribution in [3.63, 3.8) is 0 Å². The maximum Gasteiger partial charge on any atom is 0.187 e. The Morgan fingerprint density at radius 3 is 2.15 bits per heavy atom. The van der Waals surface area contributed by atoms with E-state index in [9.17, 15) is 0 Å². The van der Waals surface area contributed by atoms with E-state index < -0.39 is 6.85 Å². The summed E-state index contributed by atoms with van der Waals surface area (Å²) in [5.41, 5.74) is 7.26. The molecule has 142 valence electrons. The van der Waals surface area contributed by atoms with Gasteiger partial charge in [-0.2, -0.15) is 0 Å². The normalized spacial score (nSPS) is 14.5. The van der Waals surface area contributed by atoms with Gasteiger partial charge in [-0.05, 0) is 52.9 Å². The summed E-state index contributed by atoms with van der Waals surface area (Å²) < 4.78 is 26.6. The van der Waals surface area contributed by atoms with E-state index in [1.807, 2.05) is 17.8 Å². The predicted molar refractivity (Wildman–Crippen MR) is 114 cm³/mol. The van der Waals surface area contributed by atoms with Crippen LogP contribution < -0.4 is 4.57 Å². The van der Waals surface area contributed by atoms with Gasteiger partial charge in [0.15, 0.2) is 11.9 Å². The summed E-state index contributed by atoms with van der Waals surface area (Å²) in [6.07, 6.45) is 2.70. The van der Waals surface area contributed by atoms with Gasteiger partial charge in [-0.25, -0.2) is 4.57 Å². The van der Waals surface area contributed by atoms with Gasteiger partial charge >= 0.3 is 0 Å². The van der Waals surface area contributed by atoms with E-state index in [2.05, 4.69) is 73.6 Å². The molecule has 0 aliphatic rings. The lowest BCUT2D eigenvalue weighted by Crippen LogP contribution is -2.39. The molecule has 0 N–H and O–H groups in total. The van der Waals surface area contributed by atoms with Crippen molar-refractivity contribution in [3.05, 3.63) is 52.3 Å². The Labute approximate surface area is 165 Å². The lowest BCUT2D eigenvalue weighted by Gasteiger charge is -2.23. The molecule has 0 spiro atoms. The largest absolute Gasteiger partial charge is 0.204 e. The zero-order chi connectivity index (χ0) is 22.3. The predicted octanol–water partition coefficient (Wildman–Crippen LogP) is 6.59. The van der Waals surface area contributed by atoms with Crippen LogP contribution in [-0.2, 0) is 18.9 Å². The van der Waals surface area contributed by atoms with Gasteiger partial charge in [0.05, 0.1) is 0 Å². The molecule has 0 saturated carbocycles. The van der Waals surface area contributed by atoms with Gasteiger partial charge in [0.25, 0.3) is 0 Å². The SMILES string of the molecule is [2H]C([2H])([2H])c1c[n+](C)c(C(C)(C)C)cc1-c1c(CC)cc(C(C)C)cc1C(C)C. The van der Waals surface area contributed by atoms with Crippen LogP contribution in [0.5, 0.6) is 0 Å². The van der Waals surface area contributed by atoms with Crippen LogP contribution in [0.4, 0.5) is 0 Å². The quantitative estimate of drug-likeness (QED) is 0.544. The van der Waals surface area contributed by atoms with Crippen molar-refractivity contribution in [2.75, 3.05) is 0 Å². The molecule has 1 aromatic heterocycles. The van der Waals surface area contributed by atoms with Crippen LogP contribution in [0.2, 0.25) is 0 Å². The minimum atomic E-state index is -2.17. The van der Waals surface area contributed by atoms with Gasteiger partial charge in [-0.15, -0.1) is 0 Å². The van der Waals surface area contributed by atoms with Crippen LogP contribution >= 0.6 is 0 Å². The highest BCUT2D eigenvalue weighted by molar-refractivity contribution is 5.75. The Morgan fingerprint density at radius 2 is 1.69 bits per heavy atom. The zero-order valence-electron chi connectivity index (χ0n) is 21.1. The van der Waals surface area contributed by atoms with Crippen molar-refractivity contribution >= 4 is 0 Å². The van der Waals surface area contributed by atoms with Crippen LogP contribution in [0, 0.1) is 6.85 Å². The number of rotatable bonds is 4. The van der Waals surface area contributed by atoms with E-state index in [0.29, 0.717) is 17.4 Å². The minimum absolute atomic E-state index is 0.0843. The number of hydrogen-bond donors (Lipinski definition) is 0. The number of nitrogens with zero attached hydrogens (tertiary/aromatic N) is 1. The van der Waals surface area contributed by atoms with Crippen LogP contribution in [0.25, 0.3) is 11.1 Å². The molecular weight excluding hydrogens is 314 g/mol. The summed E-state index contributed by atoms with van der Waals surface area (Å²) in [7, 11) is 1.95. The number of hydrogen-bond acceptors (Lipinski definition) is 0. The van der Waals surface area contributed by atoms with E-state index in [-0.39, 0.29) is 5.41 Å². The average molecular weight is 356 g/mol. The maximum atomic E-state index is 8.22. The molecule has 2 rings (SSSR count). The van der Waals surface area contributed by atoms with Crippen LogP contribution in [0.3, 0.4) is 0 Å². The van der Waals surface area contributed by atoms with E-state index in [1.54, 1.807) is 0 Å². The van der Waals surface area contributed by atoms with Crippen molar-refractivity contribution < 1.29 is 8.68 Å². The van der Waals surface area contributed by atoms with E-state index in [1.165, 1.54) is 16.7 Å². The Bertz CT molecular complexity index is 884. The standard InChI is InChI=1S/C25H38N/c1-11-19-12-20(16(2)3)13-21(17(4)5)24(19)22-14-23(25(7,8)9)26(10)15-18(22)6/h12-17H,11H2,1-10H3/q+1/i6D3. The molecule has 0 amide bonds. The fraction of sp³-hybridized carbons (Fsp3) is 0.560. The topological polar surface area (TPSA) is 3.88 Å². The highest BCUT2D eigenvalue weighted by Crippen LogP contribution is 2.38. The Balaban J connectivity index is 3.02. The Kier molecular flexibility index (Phi) is 4.80. The first-order valence-electron chi connectivity index (χ1n) is 11.4. The average Bonchev–Trinajstić information content (AvgIpc) is 2.58. The van der Waals surface area contributed by atoms with Crippen molar-refractivity contribution in [2.45, 2.75) is 85.9 Å². The third-order valence-corrected chi connectivity index (χ3v) is 5.25. The monoisotopic (exact) mass is 355 g/mol. The summed E-state index contributed by atoms with van der Waals surface area (Å²) in [6, 6.07) is 6.69. The summed E-state index contributed by atoms with van der Waals surface area (Å²) in [6.45, 7) is 15.3. The van der Waals surface area contributed by atoms with Crippen LogP contribution in [0.15, 0.2) is 24.4 Å². The fourth-order valence-corrected chi connectivity index (χ4v) is 3.75. The molecule has 0 saturated heterocycles. The molecule has 1 heteroatoms. The van der Waals surface area contributed by atoms with Gasteiger partial charge in [0.1, 0.15) is 7.05 Å². The smallest absolute Gasteiger partial charge is 0.187 e. The minimum Gasteiger partial charge on any atom is -0.204 e. The van der Waals surface area contributed by atoms with Crippen LogP contribution in [0.1, 0.15) is 99.3 Å². The van der Waals surface area contributed by atoms with Gasteiger partial charge in [-0.1, -0.05) is 67.5 Å². The first-order chi connectivity index (χ1) is 13.2. The van der Waals surface area contributed by atoms with Gasteiger partial charge in [-0.3, -0.25) is 0 Å². The van der Waals surface area contributed by atoms with Gasteiger partial charge < -0.3 is 0 Å². The summed E-state index contributed by atoms with van der Waals surface area (Å²) >= 11 is 0. The molecule has 0 fully saturated rings. The molecular formula is C25H38N+. The number of aryl methyl sites for hydroxylation is 3. The van der Waals surface area contributed by atoms with E-state index in [4.69, 9.17) is 4.11 Å². The summed E-state index contributed by atoms with van der Waals surface area (Å²) in [5.74, 6) is 0.748. The second-order valence-electron chi connectivity index (χ2n) is 9.15. The second kappa shape index (κ2) is 7.55. The molecule has 26 heavy (non-hydrogen) atoms. The third-order valence-electron chi connectivity index (χ3n) is 5.25. The molecule has 0 aliphatic heterocycles. The summed E-state index contributed by atoms with van der Waals surface area (Å²) in [5, 5.41) is 0. The molecule has 1 nitrogen and oxygen atoms in total. The van der Waals surface area contributed by atoms with Crippen molar-refractivity contribution in [1.82, 2.24) is 0 Å². The highest BCUT2D eigenvalue weighted by atomic mass is 14.9. The van der Waals surface area contributed by atoms with E-state index >= 15 is 0 Å². The molecule has 0 atom stereocenters. The molecule has 1 aromatic carbocycles. The number of pyridine rings is 1. The lowest BCUT2D eigenvalue weighted by atomic mass is 9.81. The molecule has 0 bridgehead atoms. The van der Waals surface area contributed by atoms with Gasteiger partial charge in [0.2, 0.25) is 0 Å². The first-order valence-corrected chi connectivity index (χ1v) is 9.90. The van der Waals surface area contributed by atoms with Crippen molar-refractivity contribution in [2.24, 2.45) is 7.05 Å².